The summed E-state index contributed by atoms with van der Waals surface area (Å²) in [5.41, 5.74) is 3.66. The number of nitrogens with zero attached hydrogens (tertiary/aromatic N) is 5. The van der Waals surface area contributed by atoms with Crippen LogP contribution >= 0.6 is 12.4 Å². The van der Waals surface area contributed by atoms with Crippen molar-refractivity contribution in [2.45, 2.75) is 89.9 Å². The van der Waals surface area contributed by atoms with Gasteiger partial charge in [-0.3, -0.25) is 9.59 Å². The summed E-state index contributed by atoms with van der Waals surface area (Å²) < 4.78 is 7.45. The Labute approximate surface area is 234 Å². The van der Waals surface area contributed by atoms with E-state index < -0.39 is 0 Å². The highest BCUT2D eigenvalue weighted by Gasteiger charge is 2.69. The van der Waals surface area contributed by atoms with E-state index in [0.29, 0.717) is 66.3 Å². The van der Waals surface area contributed by atoms with Crippen LogP contribution in [0.15, 0.2) is 10.9 Å². The maximum absolute atomic E-state index is 14.1. The quantitative estimate of drug-likeness (QED) is 0.538. The molecular weight excluding hydrogens is 518 g/mol. The highest BCUT2D eigenvalue weighted by molar-refractivity contribution is 5.85. The number of anilines is 1. The third kappa shape index (κ3) is 4.04. The number of hydrogen-bond acceptors (Lipinski definition) is 7. The summed E-state index contributed by atoms with van der Waals surface area (Å²) in [6, 6.07) is 0.726. The maximum atomic E-state index is 14.1. The molecule has 2 aromatic heterocycles. The van der Waals surface area contributed by atoms with Gasteiger partial charge in [-0.2, -0.15) is 4.80 Å². The average molecular weight is 558 g/mol. The van der Waals surface area contributed by atoms with Gasteiger partial charge in [0.2, 0.25) is 11.3 Å². The average Bonchev–Trinajstić information content (AvgIpc) is 3.29. The standard InChI is InChI=1S/C28H39N7O3.ClH/c1-4-20-24(33-10-9-29-19-5-6-21(19)33)25(37)23-26(32-35(31-23)18-7-11-38-12-8-18)34(20)13-22(36)30-28-14-27(15-28,16-28)17(2)3;/h7,17,19,21,29H,4-6,8-16H2,1-3H3,(H,30,36);1H/t19-,21-,27?,28?;/m0./s1. The van der Waals surface area contributed by atoms with Crippen molar-refractivity contribution in [3.8, 4) is 0 Å². The lowest BCUT2D eigenvalue weighted by Crippen LogP contribution is -2.76. The fourth-order valence-corrected chi connectivity index (χ4v) is 7.78. The highest BCUT2D eigenvalue weighted by atomic mass is 35.5. The molecule has 0 spiro atoms. The molecule has 0 unspecified atom stereocenters. The normalized spacial score (nSPS) is 31.0. The van der Waals surface area contributed by atoms with Crippen LogP contribution in [0.25, 0.3) is 16.9 Å². The van der Waals surface area contributed by atoms with E-state index in [-0.39, 0.29) is 35.8 Å². The third-order valence-electron chi connectivity index (χ3n) is 10.1. The van der Waals surface area contributed by atoms with Gasteiger partial charge in [-0.05, 0) is 55.9 Å². The van der Waals surface area contributed by atoms with E-state index in [4.69, 9.17) is 14.9 Å². The number of fused-ring (bicyclic) bond motifs is 2. The predicted molar refractivity (Wildman–Crippen MR) is 152 cm³/mol. The summed E-state index contributed by atoms with van der Waals surface area (Å²) in [5.74, 6) is 0.646. The first-order valence-electron chi connectivity index (χ1n) is 14.4. The van der Waals surface area contributed by atoms with Gasteiger partial charge in [-0.15, -0.1) is 22.6 Å². The molecule has 6 aliphatic rings. The Bertz CT molecular complexity index is 1380. The number of rotatable bonds is 7. The molecule has 4 saturated carbocycles. The van der Waals surface area contributed by atoms with Gasteiger partial charge in [0.05, 0.1) is 18.9 Å². The van der Waals surface area contributed by atoms with Crippen LogP contribution in [0.3, 0.4) is 0 Å². The Kier molecular flexibility index (Phi) is 6.59. The van der Waals surface area contributed by atoms with E-state index in [1.54, 1.807) is 4.80 Å². The van der Waals surface area contributed by atoms with Gasteiger partial charge in [0, 0.05) is 42.8 Å². The maximum Gasteiger partial charge on any atom is 0.240 e. The van der Waals surface area contributed by atoms with Crippen molar-refractivity contribution in [1.29, 1.82) is 0 Å². The molecule has 11 heteroatoms. The van der Waals surface area contributed by atoms with Gasteiger partial charge in [-0.1, -0.05) is 20.8 Å². The van der Waals surface area contributed by atoms with Crippen molar-refractivity contribution in [3.63, 3.8) is 0 Å². The van der Waals surface area contributed by atoms with Gasteiger partial charge >= 0.3 is 0 Å². The number of carbonyl (C=O) groups is 1. The van der Waals surface area contributed by atoms with Crippen molar-refractivity contribution in [2.24, 2.45) is 11.3 Å². The Hall–Kier alpha value is -2.43. The molecule has 2 bridgehead atoms. The second-order valence-electron chi connectivity index (χ2n) is 12.5. The van der Waals surface area contributed by atoms with Crippen LogP contribution in [0.1, 0.15) is 65.0 Å². The lowest BCUT2D eigenvalue weighted by Gasteiger charge is -2.72. The highest BCUT2D eigenvalue weighted by Crippen LogP contribution is 2.70. The van der Waals surface area contributed by atoms with Crippen LogP contribution < -0.4 is 21.0 Å². The van der Waals surface area contributed by atoms with Crippen molar-refractivity contribution in [1.82, 2.24) is 30.2 Å². The fourth-order valence-electron chi connectivity index (χ4n) is 7.78. The van der Waals surface area contributed by atoms with Crippen molar-refractivity contribution < 1.29 is 9.53 Å². The fraction of sp³-hybridized carbons (Fsp3) is 0.714. The predicted octanol–water partition coefficient (Wildman–Crippen LogP) is 2.47. The van der Waals surface area contributed by atoms with Crippen molar-refractivity contribution in [3.05, 3.63) is 22.0 Å². The lowest BCUT2D eigenvalue weighted by atomic mass is 9.36. The number of aromatic nitrogens is 4. The monoisotopic (exact) mass is 557 g/mol. The second kappa shape index (κ2) is 9.59. The van der Waals surface area contributed by atoms with E-state index >= 15 is 0 Å². The van der Waals surface area contributed by atoms with Crippen LogP contribution in [0.2, 0.25) is 0 Å². The van der Waals surface area contributed by atoms with Crippen LogP contribution in [-0.2, 0) is 22.5 Å². The SMILES string of the molecule is CCc1c(N2CCN[C@H]3CC[C@@H]32)c(=O)c2nn(C3=CCOCC3)nc2n1CC(=O)NC12CC(C(C)C)(C1)C2.Cl. The van der Waals surface area contributed by atoms with Crippen LogP contribution in [0.5, 0.6) is 0 Å². The van der Waals surface area contributed by atoms with Crippen molar-refractivity contribution in [2.75, 3.05) is 31.2 Å². The first-order chi connectivity index (χ1) is 18.3. The number of nitrogens with one attached hydrogen (secondary N) is 2. The van der Waals surface area contributed by atoms with E-state index in [9.17, 15) is 9.59 Å². The van der Waals surface area contributed by atoms with E-state index in [2.05, 4.69) is 36.3 Å². The Balaban J connectivity index is 0.00000277. The molecule has 212 valence electrons. The molecule has 5 fully saturated rings. The molecule has 1 amide bonds. The van der Waals surface area contributed by atoms with Crippen LogP contribution in [-0.4, -0.2) is 69.4 Å². The molecule has 4 heterocycles. The molecule has 0 aromatic carbocycles. The number of piperazine rings is 1. The number of carbonyl (C=O) groups excluding carboxylic acids is 1. The van der Waals surface area contributed by atoms with Gasteiger partial charge in [0.25, 0.3) is 0 Å². The summed E-state index contributed by atoms with van der Waals surface area (Å²) in [6.07, 6.45) is 8.72. The molecule has 39 heavy (non-hydrogen) atoms. The van der Waals surface area contributed by atoms with Gasteiger partial charge in [-0.25, -0.2) is 0 Å². The van der Waals surface area contributed by atoms with Gasteiger partial charge in [0.1, 0.15) is 12.2 Å². The summed E-state index contributed by atoms with van der Waals surface area (Å²) in [4.78, 5) is 31.5. The minimum absolute atomic E-state index is 0. The molecule has 1 saturated heterocycles. The molecule has 2 N–H and O–H groups in total. The zero-order valence-corrected chi connectivity index (χ0v) is 24.0. The van der Waals surface area contributed by atoms with Gasteiger partial charge < -0.3 is 24.8 Å². The minimum Gasteiger partial charge on any atom is -0.377 e. The summed E-state index contributed by atoms with van der Waals surface area (Å²) >= 11 is 0. The Morgan fingerprint density at radius 3 is 2.69 bits per heavy atom. The molecular formula is C28H40ClN7O3. The summed E-state index contributed by atoms with van der Waals surface area (Å²) in [5, 5.41) is 16.5. The van der Waals surface area contributed by atoms with Crippen LogP contribution in [0, 0.1) is 11.3 Å². The number of amides is 1. The van der Waals surface area contributed by atoms with Crippen molar-refractivity contribution >= 4 is 40.9 Å². The molecule has 0 radical (unpaired) electrons. The largest absolute Gasteiger partial charge is 0.377 e. The Morgan fingerprint density at radius 1 is 1.26 bits per heavy atom. The Morgan fingerprint density at radius 2 is 2.05 bits per heavy atom. The first-order valence-corrected chi connectivity index (χ1v) is 14.4. The van der Waals surface area contributed by atoms with E-state index in [1.807, 2.05) is 10.6 Å². The summed E-state index contributed by atoms with van der Waals surface area (Å²) in [7, 11) is 0. The third-order valence-corrected chi connectivity index (χ3v) is 10.1. The molecule has 10 nitrogen and oxygen atoms in total. The van der Waals surface area contributed by atoms with Crippen LogP contribution in [0.4, 0.5) is 5.69 Å². The number of pyridine rings is 1. The zero-order valence-electron chi connectivity index (χ0n) is 23.2. The number of ether oxygens (including phenoxy) is 1. The minimum atomic E-state index is -0.0711. The lowest BCUT2D eigenvalue weighted by molar-refractivity contribution is -0.187. The molecule has 2 aromatic rings. The first kappa shape index (κ1) is 26.8. The molecule has 8 rings (SSSR count). The molecule has 2 atom stereocenters. The summed E-state index contributed by atoms with van der Waals surface area (Å²) in [6.45, 7) is 9.52. The topological polar surface area (TPSA) is 106 Å². The number of hydrogen-bond donors (Lipinski definition) is 2. The molecule has 4 aliphatic carbocycles. The van der Waals surface area contributed by atoms with E-state index in [0.717, 1.165) is 56.6 Å². The number of halogens is 1. The second-order valence-corrected chi connectivity index (χ2v) is 12.5. The zero-order chi connectivity index (χ0) is 26.2. The van der Waals surface area contributed by atoms with Gasteiger partial charge in [0.15, 0.2) is 11.2 Å². The smallest absolute Gasteiger partial charge is 0.240 e. The molecule has 2 aliphatic heterocycles. The van der Waals surface area contributed by atoms with E-state index in [1.165, 1.54) is 0 Å².